The molecule has 0 amide bonds. The zero-order valence-electron chi connectivity index (χ0n) is 10.1. The minimum Gasteiger partial charge on any atom is -0.505 e. The molecular formula is C12H14FN3O2. The molecule has 0 fully saturated rings. The third-order valence-electron chi connectivity index (χ3n) is 2.70. The van der Waals surface area contributed by atoms with Gasteiger partial charge in [-0.05, 0) is 31.7 Å². The van der Waals surface area contributed by atoms with Crippen LogP contribution >= 0.6 is 0 Å². The van der Waals surface area contributed by atoms with E-state index in [1.165, 1.54) is 18.2 Å². The molecule has 0 radical (unpaired) electrons. The first-order chi connectivity index (χ1) is 8.65. The lowest BCUT2D eigenvalue weighted by atomic mass is 10.2. The molecular weight excluding hydrogens is 237 g/mol. The van der Waals surface area contributed by atoms with Crippen LogP contribution in [0.1, 0.15) is 25.3 Å². The molecule has 5 nitrogen and oxygen atoms in total. The van der Waals surface area contributed by atoms with Crippen LogP contribution in [0.4, 0.5) is 4.39 Å². The van der Waals surface area contributed by atoms with Crippen molar-refractivity contribution >= 4 is 0 Å². The minimum atomic E-state index is -0.709. The second kappa shape index (κ2) is 5.14. The zero-order valence-corrected chi connectivity index (χ0v) is 10.1. The molecule has 0 aliphatic rings. The van der Waals surface area contributed by atoms with E-state index in [1.54, 1.807) is 7.05 Å². The molecule has 0 aliphatic carbocycles. The second-order valence-electron chi connectivity index (χ2n) is 3.87. The molecule has 96 valence electrons. The summed E-state index contributed by atoms with van der Waals surface area (Å²) in [5, 5.41) is 16.0. The Labute approximate surface area is 104 Å². The highest BCUT2D eigenvalue weighted by molar-refractivity contribution is 5.55. The number of hydrogen-bond donors (Lipinski definition) is 2. The number of nitrogens with one attached hydrogen (secondary N) is 1. The summed E-state index contributed by atoms with van der Waals surface area (Å²) in [6.45, 7) is 1.99. The number of aromatic nitrogens is 2. The predicted molar refractivity (Wildman–Crippen MR) is 63.4 cm³/mol. The standard InChI is InChI=1S/C12H14FN3O2/c1-3-9(14-2)12-15-11(16-18-12)7-4-5-10(17)8(13)6-7/h4-6,9,14,17H,3H2,1-2H3. The van der Waals surface area contributed by atoms with Crippen molar-refractivity contribution in [1.29, 1.82) is 0 Å². The van der Waals surface area contributed by atoms with Gasteiger partial charge in [0.25, 0.3) is 0 Å². The van der Waals surface area contributed by atoms with Crippen molar-refractivity contribution < 1.29 is 14.0 Å². The van der Waals surface area contributed by atoms with Crippen molar-refractivity contribution in [1.82, 2.24) is 15.5 Å². The van der Waals surface area contributed by atoms with Gasteiger partial charge in [-0.3, -0.25) is 0 Å². The first-order valence-electron chi connectivity index (χ1n) is 5.65. The fourth-order valence-electron chi connectivity index (χ4n) is 1.64. The Kier molecular flexibility index (Phi) is 3.57. The van der Waals surface area contributed by atoms with Gasteiger partial charge in [0.15, 0.2) is 11.6 Å². The average molecular weight is 251 g/mol. The Morgan fingerprint density at radius 2 is 2.28 bits per heavy atom. The van der Waals surface area contributed by atoms with E-state index in [1.807, 2.05) is 6.92 Å². The van der Waals surface area contributed by atoms with E-state index in [0.29, 0.717) is 17.3 Å². The number of hydrogen-bond acceptors (Lipinski definition) is 5. The van der Waals surface area contributed by atoms with Gasteiger partial charge in [-0.15, -0.1) is 0 Å². The monoisotopic (exact) mass is 251 g/mol. The smallest absolute Gasteiger partial charge is 0.244 e. The van der Waals surface area contributed by atoms with Crippen LogP contribution in [-0.2, 0) is 0 Å². The first kappa shape index (κ1) is 12.5. The topological polar surface area (TPSA) is 71.2 Å². The van der Waals surface area contributed by atoms with Crippen LogP contribution in [0.25, 0.3) is 11.4 Å². The third kappa shape index (κ3) is 2.33. The fourth-order valence-corrected chi connectivity index (χ4v) is 1.64. The summed E-state index contributed by atoms with van der Waals surface area (Å²) in [6, 6.07) is 3.95. The molecule has 0 spiro atoms. The van der Waals surface area contributed by atoms with E-state index in [2.05, 4.69) is 15.5 Å². The van der Waals surface area contributed by atoms with Gasteiger partial charge in [0, 0.05) is 5.56 Å². The van der Waals surface area contributed by atoms with Crippen molar-refractivity contribution in [3.05, 3.63) is 29.9 Å². The lowest BCUT2D eigenvalue weighted by Crippen LogP contribution is -2.15. The quantitative estimate of drug-likeness (QED) is 0.872. The van der Waals surface area contributed by atoms with E-state index < -0.39 is 11.6 Å². The Bertz CT molecular complexity index is 538. The van der Waals surface area contributed by atoms with E-state index >= 15 is 0 Å². The average Bonchev–Trinajstić information content (AvgIpc) is 2.84. The molecule has 1 heterocycles. The van der Waals surface area contributed by atoms with Gasteiger partial charge >= 0.3 is 0 Å². The maximum Gasteiger partial charge on any atom is 0.244 e. The maximum atomic E-state index is 13.2. The summed E-state index contributed by atoms with van der Waals surface area (Å²) in [7, 11) is 1.80. The fraction of sp³-hybridized carbons (Fsp3) is 0.333. The Morgan fingerprint density at radius 1 is 1.50 bits per heavy atom. The Morgan fingerprint density at radius 3 is 2.89 bits per heavy atom. The molecule has 0 saturated heterocycles. The SMILES string of the molecule is CCC(NC)c1nc(-c2ccc(O)c(F)c2)no1. The zero-order chi connectivity index (χ0) is 13.1. The number of nitrogens with zero attached hydrogens (tertiary/aromatic N) is 2. The summed E-state index contributed by atoms with van der Waals surface area (Å²) in [6.07, 6.45) is 0.808. The van der Waals surface area contributed by atoms with Gasteiger partial charge in [-0.1, -0.05) is 12.1 Å². The molecule has 1 unspecified atom stereocenters. The largest absolute Gasteiger partial charge is 0.505 e. The van der Waals surface area contributed by atoms with Crippen molar-refractivity contribution in [3.8, 4) is 17.1 Å². The van der Waals surface area contributed by atoms with E-state index in [0.717, 1.165) is 6.42 Å². The van der Waals surface area contributed by atoms with Crippen molar-refractivity contribution in [2.24, 2.45) is 0 Å². The normalized spacial score (nSPS) is 12.6. The number of phenols is 1. The lowest BCUT2D eigenvalue weighted by molar-refractivity contribution is 0.334. The van der Waals surface area contributed by atoms with Gasteiger partial charge in [0.1, 0.15) is 0 Å². The summed E-state index contributed by atoms with van der Waals surface area (Å²) in [5.41, 5.74) is 0.464. The number of aromatic hydroxyl groups is 1. The molecule has 18 heavy (non-hydrogen) atoms. The van der Waals surface area contributed by atoms with E-state index in [-0.39, 0.29) is 6.04 Å². The molecule has 2 aromatic rings. The van der Waals surface area contributed by atoms with Crippen LogP contribution in [0.2, 0.25) is 0 Å². The summed E-state index contributed by atoms with van der Waals surface area (Å²) >= 11 is 0. The lowest BCUT2D eigenvalue weighted by Gasteiger charge is -2.06. The molecule has 0 bridgehead atoms. The second-order valence-corrected chi connectivity index (χ2v) is 3.87. The number of halogens is 1. The van der Waals surface area contributed by atoms with Crippen LogP contribution in [0.15, 0.2) is 22.7 Å². The molecule has 2 N–H and O–H groups in total. The third-order valence-corrected chi connectivity index (χ3v) is 2.70. The minimum absolute atomic E-state index is 0.0202. The number of benzene rings is 1. The van der Waals surface area contributed by atoms with Crippen LogP contribution in [0, 0.1) is 5.82 Å². The number of phenolic OH excluding ortho intramolecular Hbond substituents is 1. The van der Waals surface area contributed by atoms with E-state index in [4.69, 9.17) is 9.63 Å². The molecule has 6 heteroatoms. The highest BCUT2D eigenvalue weighted by Crippen LogP contribution is 2.24. The van der Waals surface area contributed by atoms with Gasteiger partial charge in [0.05, 0.1) is 6.04 Å². The van der Waals surface area contributed by atoms with Crippen LogP contribution in [0.5, 0.6) is 5.75 Å². The predicted octanol–water partition coefficient (Wildman–Crippen LogP) is 2.25. The maximum absolute atomic E-state index is 13.2. The Balaban J connectivity index is 2.31. The molecule has 1 aromatic carbocycles. The molecule has 1 atom stereocenters. The van der Waals surface area contributed by atoms with Gasteiger partial charge < -0.3 is 14.9 Å². The summed E-state index contributed by atoms with van der Waals surface area (Å²) in [4.78, 5) is 4.20. The van der Waals surface area contributed by atoms with Crippen LogP contribution in [0.3, 0.4) is 0 Å². The van der Waals surface area contributed by atoms with Gasteiger partial charge in [-0.25, -0.2) is 4.39 Å². The van der Waals surface area contributed by atoms with Crippen molar-refractivity contribution in [3.63, 3.8) is 0 Å². The summed E-state index contributed by atoms with van der Waals surface area (Å²) < 4.78 is 18.3. The van der Waals surface area contributed by atoms with Crippen molar-refractivity contribution in [2.75, 3.05) is 7.05 Å². The molecule has 1 aromatic heterocycles. The van der Waals surface area contributed by atoms with Crippen LogP contribution < -0.4 is 5.32 Å². The first-order valence-corrected chi connectivity index (χ1v) is 5.65. The van der Waals surface area contributed by atoms with Crippen LogP contribution in [-0.4, -0.2) is 22.3 Å². The molecule has 0 aliphatic heterocycles. The molecule has 2 rings (SSSR count). The Hall–Kier alpha value is -1.95. The molecule has 0 saturated carbocycles. The summed E-state index contributed by atoms with van der Waals surface area (Å²) in [5.74, 6) is -0.343. The van der Waals surface area contributed by atoms with Gasteiger partial charge in [0.2, 0.25) is 11.7 Å². The van der Waals surface area contributed by atoms with Gasteiger partial charge in [-0.2, -0.15) is 4.98 Å². The number of rotatable bonds is 4. The van der Waals surface area contributed by atoms with Crippen molar-refractivity contribution in [2.45, 2.75) is 19.4 Å². The highest BCUT2D eigenvalue weighted by Gasteiger charge is 2.16. The highest BCUT2D eigenvalue weighted by atomic mass is 19.1. The van der Waals surface area contributed by atoms with E-state index in [9.17, 15) is 4.39 Å².